The molecule has 90 valence electrons. The molecule has 0 aromatic rings. The molecule has 1 heterocycles. The second-order valence-corrected chi connectivity index (χ2v) is 7.37. The summed E-state index contributed by atoms with van der Waals surface area (Å²) in [6.07, 6.45) is 2.30. The average molecular weight is 233 g/mol. The molecule has 0 aliphatic carbocycles. The summed E-state index contributed by atoms with van der Waals surface area (Å²) in [4.78, 5) is 0. The van der Waals surface area contributed by atoms with Crippen molar-refractivity contribution in [1.82, 2.24) is 4.31 Å². The fourth-order valence-corrected chi connectivity index (χ4v) is 3.61. The predicted molar refractivity (Wildman–Crippen MR) is 63.1 cm³/mol. The first-order valence-electron chi connectivity index (χ1n) is 5.65. The summed E-state index contributed by atoms with van der Waals surface area (Å²) in [7, 11) is -3.01. The molecule has 1 aliphatic heterocycles. The maximum Gasteiger partial charge on any atom is 0.211 e. The van der Waals surface area contributed by atoms with Gasteiger partial charge < -0.3 is 0 Å². The molecule has 3 nitrogen and oxygen atoms in total. The van der Waals surface area contributed by atoms with Gasteiger partial charge in [0.1, 0.15) is 0 Å². The Kier molecular flexibility index (Phi) is 3.51. The van der Waals surface area contributed by atoms with Crippen molar-refractivity contribution in [3.63, 3.8) is 0 Å². The lowest BCUT2D eigenvalue weighted by atomic mass is 9.68. The van der Waals surface area contributed by atoms with E-state index in [0.717, 1.165) is 6.42 Å². The van der Waals surface area contributed by atoms with E-state index in [0.29, 0.717) is 24.9 Å². The van der Waals surface area contributed by atoms with Crippen LogP contribution in [0.3, 0.4) is 0 Å². The number of rotatable bonds is 3. The van der Waals surface area contributed by atoms with Crippen LogP contribution < -0.4 is 0 Å². The standard InChI is InChI=1S/C11H23NO2S/c1-9(2)11(10(3)4)6-7-12(8-11)15(5,13)14/h9-10H,6-8H2,1-5H3. The van der Waals surface area contributed by atoms with Crippen molar-refractivity contribution in [2.75, 3.05) is 19.3 Å². The van der Waals surface area contributed by atoms with Crippen molar-refractivity contribution in [2.24, 2.45) is 17.3 Å². The zero-order chi connectivity index (χ0) is 11.9. The van der Waals surface area contributed by atoms with Crippen LogP contribution in [0.15, 0.2) is 0 Å². The minimum atomic E-state index is -3.01. The van der Waals surface area contributed by atoms with E-state index >= 15 is 0 Å². The van der Waals surface area contributed by atoms with Crippen LogP contribution in [0.4, 0.5) is 0 Å². The fourth-order valence-electron chi connectivity index (χ4n) is 2.71. The minimum Gasteiger partial charge on any atom is -0.213 e. The Hall–Kier alpha value is -0.0900. The van der Waals surface area contributed by atoms with Crippen molar-refractivity contribution in [3.8, 4) is 0 Å². The molecule has 1 saturated heterocycles. The Morgan fingerprint density at radius 1 is 1.13 bits per heavy atom. The highest BCUT2D eigenvalue weighted by Crippen LogP contribution is 2.44. The lowest BCUT2D eigenvalue weighted by Gasteiger charge is -2.37. The summed E-state index contributed by atoms with van der Waals surface area (Å²) < 4.78 is 24.6. The van der Waals surface area contributed by atoms with Crippen molar-refractivity contribution in [2.45, 2.75) is 34.1 Å². The molecule has 1 fully saturated rings. The summed E-state index contributed by atoms with van der Waals surface area (Å²) in [6.45, 7) is 10.2. The van der Waals surface area contributed by atoms with Gasteiger partial charge in [0.2, 0.25) is 10.0 Å². The monoisotopic (exact) mass is 233 g/mol. The van der Waals surface area contributed by atoms with Crippen LogP contribution in [0.2, 0.25) is 0 Å². The molecular formula is C11H23NO2S. The second kappa shape index (κ2) is 4.06. The third-order valence-corrected chi connectivity index (χ3v) is 5.32. The lowest BCUT2D eigenvalue weighted by molar-refractivity contribution is 0.130. The minimum absolute atomic E-state index is 0.170. The second-order valence-electron chi connectivity index (χ2n) is 5.39. The summed E-state index contributed by atoms with van der Waals surface area (Å²) in [6, 6.07) is 0. The van der Waals surface area contributed by atoms with Gasteiger partial charge in [-0.3, -0.25) is 0 Å². The van der Waals surface area contributed by atoms with E-state index in [4.69, 9.17) is 0 Å². The third-order valence-electron chi connectivity index (χ3n) is 4.07. The first kappa shape index (κ1) is 13.0. The number of hydrogen-bond acceptors (Lipinski definition) is 2. The smallest absolute Gasteiger partial charge is 0.211 e. The topological polar surface area (TPSA) is 37.4 Å². The molecule has 0 amide bonds. The third kappa shape index (κ3) is 2.36. The van der Waals surface area contributed by atoms with Gasteiger partial charge in [0.05, 0.1) is 6.26 Å². The number of hydrogen-bond donors (Lipinski definition) is 0. The van der Waals surface area contributed by atoms with Crippen LogP contribution in [0.1, 0.15) is 34.1 Å². The Balaban J connectivity index is 2.91. The van der Waals surface area contributed by atoms with Gasteiger partial charge in [0.15, 0.2) is 0 Å². The molecule has 0 saturated carbocycles. The quantitative estimate of drug-likeness (QED) is 0.747. The van der Waals surface area contributed by atoms with Crippen LogP contribution in [-0.4, -0.2) is 32.1 Å². The summed E-state index contributed by atoms with van der Waals surface area (Å²) in [5.41, 5.74) is 0.170. The fraction of sp³-hybridized carbons (Fsp3) is 1.00. The van der Waals surface area contributed by atoms with Crippen LogP contribution >= 0.6 is 0 Å². The van der Waals surface area contributed by atoms with Gasteiger partial charge in [-0.15, -0.1) is 0 Å². The maximum atomic E-state index is 11.5. The van der Waals surface area contributed by atoms with Crippen LogP contribution in [0.25, 0.3) is 0 Å². The van der Waals surface area contributed by atoms with E-state index in [1.165, 1.54) is 6.26 Å². The molecule has 0 spiro atoms. The molecule has 0 aromatic carbocycles. The molecule has 0 aromatic heterocycles. The highest BCUT2D eigenvalue weighted by Gasteiger charge is 2.45. The van der Waals surface area contributed by atoms with E-state index in [2.05, 4.69) is 27.7 Å². The molecule has 15 heavy (non-hydrogen) atoms. The highest BCUT2D eigenvalue weighted by molar-refractivity contribution is 7.88. The van der Waals surface area contributed by atoms with Crippen molar-refractivity contribution < 1.29 is 8.42 Å². The first-order valence-corrected chi connectivity index (χ1v) is 7.50. The lowest BCUT2D eigenvalue weighted by Crippen LogP contribution is -2.38. The van der Waals surface area contributed by atoms with Crippen molar-refractivity contribution >= 4 is 10.0 Å². The SMILES string of the molecule is CC(C)C1(C(C)C)CCN(S(C)(=O)=O)C1. The largest absolute Gasteiger partial charge is 0.213 e. The Morgan fingerprint density at radius 2 is 1.60 bits per heavy atom. The zero-order valence-electron chi connectivity index (χ0n) is 10.4. The zero-order valence-corrected chi connectivity index (χ0v) is 11.3. The average Bonchev–Trinajstić information content (AvgIpc) is 2.46. The molecule has 0 radical (unpaired) electrons. The van der Waals surface area contributed by atoms with Gasteiger partial charge in [-0.05, 0) is 23.7 Å². The van der Waals surface area contributed by atoms with Crippen molar-refractivity contribution in [1.29, 1.82) is 0 Å². The van der Waals surface area contributed by atoms with Gasteiger partial charge in [-0.25, -0.2) is 12.7 Å². The van der Waals surface area contributed by atoms with Gasteiger partial charge in [-0.1, -0.05) is 27.7 Å². The van der Waals surface area contributed by atoms with E-state index in [-0.39, 0.29) is 5.41 Å². The number of nitrogens with zero attached hydrogens (tertiary/aromatic N) is 1. The molecule has 1 aliphatic rings. The van der Waals surface area contributed by atoms with E-state index in [1.807, 2.05) is 0 Å². The van der Waals surface area contributed by atoms with Gasteiger partial charge in [-0.2, -0.15) is 0 Å². The summed E-state index contributed by atoms with van der Waals surface area (Å²) >= 11 is 0. The molecule has 1 rings (SSSR count). The maximum absolute atomic E-state index is 11.5. The first-order chi connectivity index (χ1) is 6.70. The van der Waals surface area contributed by atoms with E-state index in [1.54, 1.807) is 4.31 Å². The molecule has 0 N–H and O–H groups in total. The molecule has 4 heteroatoms. The van der Waals surface area contributed by atoms with Gasteiger partial charge in [0.25, 0.3) is 0 Å². The molecule has 0 unspecified atom stereocenters. The molecule has 0 bridgehead atoms. The van der Waals surface area contributed by atoms with Crippen LogP contribution in [0.5, 0.6) is 0 Å². The van der Waals surface area contributed by atoms with Crippen LogP contribution in [0, 0.1) is 17.3 Å². The summed E-state index contributed by atoms with van der Waals surface area (Å²) in [5.74, 6) is 1.06. The van der Waals surface area contributed by atoms with E-state index < -0.39 is 10.0 Å². The normalized spacial score (nSPS) is 22.9. The predicted octanol–water partition coefficient (Wildman–Crippen LogP) is 1.95. The van der Waals surface area contributed by atoms with Crippen LogP contribution in [-0.2, 0) is 10.0 Å². The highest BCUT2D eigenvalue weighted by atomic mass is 32.2. The Morgan fingerprint density at radius 3 is 1.80 bits per heavy atom. The Labute approximate surface area is 93.9 Å². The number of sulfonamides is 1. The molecular weight excluding hydrogens is 210 g/mol. The Bertz CT molecular complexity index is 311. The van der Waals surface area contributed by atoms with Gasteiger partial charge in [0, 0.05) is 13.1 Å². The van der Waals surface area contributed by atoms with Crippen molar-refractivity contribution in [3.05, 3.63) is 0 Å². The molecule has 0 atom stereocenters. The van der Waals surface area contributed by atoms with Gasteiger partial charge >= 0.3 is 0 Å². The summed E-state index contributed by atoms with van der Waals surface area (Å²) in [5, 5.41) is 0. The van der Waals surface area contributed by atoms with E-state index in [9.17, 15) is 8.42 Å².